The Morgan fingerprint density at radius 1 is 1.00 bits per heavy atom. The monoisotopic (exact) mass is 346 g/mol. The zero-order valence-corrected chi connectivity index (χ0v) is 13.4. The Morgan fingerprint density at radius 3 is 2.43 bits per heavy atom. The van der Waals surface area contributed by atoms with Gasteiger partial charge in [0.15, 0.2) is 0 Å². The molecular weight excluding hydrogens is 328 g/mol. The average Bonchev–Trinajstić information content (AvgIpc) is 2.52. The third-order valence-corrected chi connectivity index (χ3v) is 3.63. The maximum absolute atomic E-state index is 11.7. The van der Waals surface area contributed by atoms with Gasteiger partial charge in [-0.15, -0.1) is 0 Å². The number of halogens is 1. The van der Waals surface area contributed by atoms with Crippen LogP contribution in [0.3, 0.4) is 0 Å². The highest BCUT2D eigenvalue weighted by molar-refractivity contribution is 9.10. The molecule has 0 bridgehead atoms. The summed E-state index contributed by atoms with van der Waals surface area (Å²) in [5, 5.41) is 6.02. The molecule has 0 aliphatic rings. The first kappa shape index (κ1) is 15.6. The number of nitrogens with one attached hydrogen (secondary N) is 2. The van der Waals surface area contributed by atoms with Crippen molar-refractivity contribution >= 4 is 27.5 Å². The first-order valence-electron chi connectivity index (χ1n) is 7.04. The van der Waals surface area contributed by atoms with Gasteiger partial charge in [-0.2, -0.15) is 0 Å². The molecule has 21 heavy (non-hydrogen) atoms. The molecule has 2 aromatic carbocycles. The lowest BCUT2D eigenvalue weighted by atomic mass is 10.1. The largest absolute Gasteiger partial charge is 0.376 e. The van der Waals surface area contributed by atoms with E-state index < -0.39 is 0 Å². The third kappa shape index (κ3) is 6.00. The standard InChI is InChI=1S/C17H19BrN2O/c18-15-8-10-16(11-9-15)20-13-17(21)19-12-4-7-14-5-2-1-3-6-14/h1-3,5-6,8-11,20H,4,7,12-13H2,(H,19,21). The summed E-state index contributed by atoms with van der Waals surface area (Å²) in [7, 11) is 0. The molecule has 0 radical (unpaired) electrons. The van der Waals surface area contributed by atoms with Crippen LogP contribution >= 0.6 is 15.9 Å². The molecule has 2 rings (SSSR count). The van der Waals surface area contributed by atoms with Crippen LogP contribution in [0.2, 0.25) is 0 Å². The highest BCUT2D eigenvalue weighted by atomic mass is 79.9. The molecule has 0 aliphatic heterocycles. The van der Waals surface area contributed by atoms with Gasteiger partial charge in [0.25, 0.3) is 0 Å². The summed E-state index contributed by atoms with van der Waals surface area (Å²) in [5.74, 6) is 0.0194. The highest BCUT2D eigenvalue weighted by Crippen LogP contribution is 2.13. The number of hydrogen-bond donors (Lipinski definition) is 2. The van der Waals surface area contributed by atoms with Crippen LogP contribution in [0.5, 0.6) is 0 Å². The number of carbonyl (C=O) groups excluding carboxylic acids is 1. The molecule has 0 unspecified atom stereocenters. The van der Waals surface area contributed by atoms with Gasteiger partial charge in [0, 0.05) is 16.7 Å². The molecule has 3 nitrogen and oxygen atoms in total. The Labute approximate surface area is 133 Å². The molecule has 4 heteroatoms. The first-order chi connectivity index (χ1) is 10.2. The Morgan fingerprint density at radius 2 is 1.71 bits per heavy atom. The topological polar surface area (TPSA) is 41.1 Å². The van der Waals surface area contributed by atoms with E-state index in [4.69, 9.17) is 0 Å². The zero-order chi connectivity index (χ0) is 14.9. The SMILES string of the molecule is O=C(CNc1ccc(Br)cc1)NCCCc1ccccc1. The van der Waals surface area contributed by atoms with Crippen molar-refractivity contribution in [3.05, 3.63) is 64.6 Å². The molecule has 1 amide bonds. The van der Waals surface area contributed by atoms with E-state index in [1.165, 1.54) is 5.56 Å². The molecule has 0 atom stereocenters. The van der Waals surface area contributed by atoms with E-state index in [9.17, 15) is 4.79 Å². The van der Waals surface area contributed by atoms with Crippen molar-refractivity contribution < 1.29 is 4.79 Å². The van der Waals surface area contributed by atoms with Crippen LogP contribution in [0.1, 0.15) is 12.0 Å². The summed E-state index contributed by atoms with van der Waals surface area (Å²) < 4.78 is 1.03. The van der Waals surface area contributed by atoms with Gasteiger partial charge in [-0.05, 0) is 42.7 Å². The maximum Gasteiger partial charge on any atom is 0.239 e. The predicted molar refractivity (Wildman–Crippen MR) is 90.4 cm³/mol. The molecule has 0 saturated carbocycles. The minimum absolute atomic E-state index is 0.0194. The molecule has 110 valence electrons. The van der Waals surface area contributed by atoms with Crippen LogP contribution in [0, 0.1) is 0 Å². The number of hydrogen-bond acceptors (Lipinski definition) is 2. The summed E-state index contributed by atoms with van der Waals surface area (Å²) in [5.41, 5.74) is 2.25. The lowest BCUT2D eigenvalue weighted by molar-refractivity contribution is -0.119. The Hall–Kier alpha value is -1.81. The smallest absolute Gasteiger partial charge is 0.239 e. The summed E-state index contributed by atoms with van der Waals surface area (Å²) in [4.78, 5) is 11.7. The van der Waals surface area contributed by atoms with Crippen LogP contribution in [-0.2, 0) is 11.2 Å². The maximum atomic E-state index is 11.7. The lowest BCUT2D eigenvalue weighted by Gasteiger charge is -2.08. The van der Waals surface area contributed by atoms with Crippen LogP contribution in [-0.4, -0.2) is 19.0 Å². The van der Waals surface area contributed by atoms with Crippen LogP contribution in [0.15, 0.2) is 59.1 Å². The Bertz CT molecular complexity index is 555. The predicted octanol–water partition coefficient (Wildman–Crippen LogP) is 3.61. The number of amides is 1. The molecule has 2 N–H and O–H groups in total. The number of benzene rings is 2. The molecule has 0 spiro atoms. The molecular formula is C17H19BrN2O. The van der Waals surface area contributed by atoms with Crippen molar-refractivity contribution in [1.29, 1.82) is 0 Å². The van der Waals surface area contributed by atoms with Crippen molar-refractivity contribution in [3.63, 3.8) is 0 Å². The van der Waals surface area contributed by atoms with E-state index in [2.05, 4.69) is 38.7 Å². The summed E-state index contributed by atoms with van der Waals surface area (Å²) in [6, 6.07) is 18.1. The average molecular weight is 347 g/mol. The Kier molecular flexibility index (Phi) is 6.28. The van der Waals surface area contributed by atoms with E-state index in [0.29, 0.717) is 13.1 Å². The number of anilines is 1. The number of carbonyl (C=O) groups is 1. The zero-order valence-electron chi connectivity index (χ0n) is 11.8. The molecule has 2 aromatic rings. The van der Waals surface area contributed by atoms with Crippen LogP contribution in [0.25, 0.3) is 0 Å². The van der Waals surface area contributed by atoms with Gasteiger partial charge in [0.2, 0.25) is 5.91 Å². The van der Waals surface area contributed by atoms with Gasteiger partial charge in [0.1, 0.15) is 0 Å². The quantitative estimate of drug-likeness (QED) is 0.752. The van der Waals surface area contributed by atoms with E-state index in [-0.39, 0.29) is 5.91 Å². The van der Waals surface area contributed by atoms with Gasteiger partial charge in [-0.1, -0.05) is 46.3 Å². The summed E-state index contributed by atoms with van der Waals surface area (Å²) in [6.07, 6.45) is 1.94. The molecule has 0 aromatic heterocycles. The molecule has 0 saturated heterocycles. The Balaban J connectivity index is 1.60. The van der Waals surface area contributed by atoms with Gasteiger partial charge in [-0.25, -0.2) is 0 Å². The fraction of sp³-hybridized carbons (Fsp3) is 0.235. The van der Waals surface area contributed by atoms with Crippen molar-refractivity contribution in [3.8, 4) is 0 Å². The van der Waals surface area contributed by atoms with Crippen molar-refractivity contribution in [1.82, 2.24) is 5.32 Å². The second kappa shape index (κ2) is 8.47. The molecule has 0 fully saturated rings. The highest BCUT2D eigenvalue weighted by Gasteiger charge is 2.00. The van der Waals surface area contributed by atoms with Gasteiger partial charge in [-0.3, -0.25) is 4.79 Å². The van der Waals surface area contributed by atoms with Crippen molar-refractivity contribution in [2.75, 3.05) is 18.4 Å². The molecule has 0 heterocycles. The van der Waals surface area contributed by atoms with E-state index in [1.807, 2.05) is 42.5 Å². The first-order valence-corrected chi connectivity index (χ1v) is 7.83. The van der Waals surface area contributed by atoms with Gasteiger partial charge in [0.05, 0.1) is 6.54 Å². The van der Waals surface area contributed by atoms with Crippen LogP contribution < -0.4 is 10.6 Å². The summed E-state index contributed by atoms with van der Waals surface area (Å²) in [6.45, 7) is 1.00. The van der Waals surface area contributed by atoms with E-state index in [0.717, 1.165) is 23.0 Å². The minimum Gasteiger partial charge on any atom is -0.376 e. The van der Waals surface area contributed by atoms with Gasteiger partial charge < -0.3 is 10.6 Å². The molecule has 0 aliphatic carbocycles. The number of aryl methyl sites for hydroxylation is 1. The second-order valence-electron chi connectivity index (χ2n) is 4.80. The normalized spacial score (nSPS) is 10.1. The summed E-state index contributed by atoms with van der Waals surface area (Å²) >= 11 is 3.38. The second-order valence-corrected chi connectivity index (χ2v) is 5.72. The fourth-order valence-electron chi connectivity index (χ4n) is 1.98. The van der Waals surface area contributed by atoms with E-state index in [1.54, 1.807) is 0 Å². The van der Waals surface area contributed by atoms with Gasteiger partial charge >= 0.3 is 0 Å². The lowest BCUT2D eigenvalue weighted by Crippen LogP contribution is -2.30. The fourth-order valence-corrected chi connectivity index (χ4v) is 2.24. The minimum atomic E-state index is 0.0194. The van der Waals surface area contributed by atoms with Crippen molar-refractivity contribution in [2.24, 2.45) is 0 Å². The third-order valence-electron chi connectivity index (χ3n) is 3.10. The van der Waals surface area contributed by atoms with Crippen LogP contribution in [0.4, 0.5) is 5.69 Å². The van der Waals surface area contributed by atoms with Crippen molar-refractivity contribution in [2.45, 2.75) is 12.8 Å². The van der Waals surface area contributed by atoms with E-state index >= 15 is 0 Å². The number of rotatable bonds is 7.